The first-order valence-corrected chi connectivity index (χ1v) is 3.47. The van der Waals surface area contributed by atoms with Crippen molar-refractivity contribution in [1.29, 1.82) is 0 Å². The van der Waals surface area contributed by atoms with E-state index in [1.807, 2.05) is 0 Å². The minimum absolute atomic E-state index is 0. The van der Waals surface area contributed by atoms with Crippen molar-refractivity contribution < 1.29 is 0 Å². The zero-order valence-electron chi connectivity index (χ0n) is 6.26. The monoisotopic (exact) mass is 241 g/mol. The maximum Gasteiger partial charge on any atom is 0.00891 e. The van der Waals surface area contributed by atoms with Crippen LogP contribution in [-0.2, 0) is 0 Å². The second-order valence-corrected chi connectivity index (χ2v) is 2.90. The van der Waals surface area contributed by atoms with Crippen molar-refractivity contribution in [2.75, 3.05) is 14.1 Å². The zero-order valence-corrected chi connectivity index (χ0v) is 8.59. The van der Waals surface area contributed by atoms with Crippen molar-refractivity contribution in [3.63, 3.8) is 0 Å². The Balaban J connectivity index is 0.000000640. The summed E-state index contributed by atoms with van der Waals surface area (Å²) in [5.74, 6) is 0. The van der Waals surface area contributed by atoms with Crippen LogP contribution in [0, 0.1) is 0 Å². The zero-order chi connectivity index (χ0) is 5.98. The number of hydrogen-bond acceptors (Lipinski definition) is 1. The minimum atomic E-state index is 0. The predicted octanol–water partition coefficient (Wildman–Crippen LogP) is 2.11. The molecule has 0 radical (unpaired) electrons. The van der Waals surface area contributed by atoms with Crippen LogP contribution in [0.2, 0.25) is 0 Å². The van der Waals surface area contributed by atoms with Crippen LogP contribution in [0.4, 0.5) is 0 Å². The Bertz CT molecular complexity index is 67.3. The molecule has 0 saturated heterocycles. The van der Waals surface area contributed by atoms with Gasteiger partial charge in [0.1, 0.15) is 0 Å². The Morgan fingerprint density at radius 1 is 1.11 bits per heavy atom. The van der Waals surface area contributed by atoms with Crippen LogP contribution in [0.3, 0.4) is 0 Å². The van der Waals surface area contributed by atoms with Gasteiger partial charge in [0.05, 0.1) is 0 Å². The molecule has 1 nitrogen and oxygen atoms in total. The van der Waals surface area contributed by atoms with Crippen LogP contribution in [0.5, 0.6) is 0 Å². The van der Waals surface area contributed by atoms with Crippen molar-refractivity contribution in [3.05, 3.63) is 0 Å². The fourth-order valence-electron chi connectivity index (χ4n) is 1.42. The Kier molecular flexibility index (Phi) is 4.84. The third-order valence-electron chi connectivity index (χ3n) is 2.05. The van der Waals surface area contributed by atoms with Crippen LogP contribution < -0.4 is 0 Å². The highest BCUT2D eigenvalue weighted by Gasteiger charge is 2.15. The molecule has 0 unspecified atom stereocenters. The summed E-state index contributed by atoms with van der Waals surface area (Å²) in [5, 5.41) is 0. The standard InChI is InChI=1S/C7H15N.HI/c1-8(2)7-5-3-4-6-7;/h7H,3-6H2,1-2H3;1H. The summed E-state index contributed by atoms with van der Waals surface area (Å²) in [6.07, 6.45) is 5.74. The van der Waals surface area contributed by atoms with Crippen molar-refractivity contribution >= 4 is 24.0 Å². The summed E-state index contributed by atoms with van der Waals surface area (Å²) < 4.78 is 0. The molecule has 0 aliphatic heterocycles. The summed E-state index contributed by atoms with van der Waals surface area (Å²) in [7, 11) is 4.35. The van der Waals surface area contributed by atoms with Gasteiger partial charge in [0.2, 0.25) is 0 Å². The van der Waals surface area contributed by atoms with Gasteiger partial charge < -0.3 is 4.90 Å². The predicted molar refractivity (Wildman–Crippen MR) is 51.4 cm³/mol. The van der Waals surface area contributed by atoms with E-state index in [0.717, 1.165) is 6.04 Å². The minimum Gasteiger partial charge on any atom is -0.306 e. The lowest BCUT2D eigenvalue weighted by Gasteiger charge is -2.17. The Hall–Kier alpha value is 0.690. The van der Waals surface area contributed by atoms with Gasteiger partial charge in [-0.15, -0.1) is 24.0 Å². The van der Waals surface area contributed by atoms with Crippen molar-refractivity contribution in [3.8, 4) is 0 Å². The molecule has 1 aliphatic carbocycles. The van der Waals surface area contributed by atoms with Gasteiger partial charge in [-0.25, -0.2) is 0 Å². The maximum absolute atomic E-state index is 2.34. The van der Waals surface area contributed by atoms with Crippen molar-refractivity contribution in [2.45, 2.75) is 31.7 Å². The molecule has 0 atom stereocenters. The summed E-state index contributed by atoms with van der Waals surface area (Å²) in [4.78, 5) is 2.34. The van der Waals surface area contributed by atoms with E-state index in [-0.39, 0.29) is 24.0 Å². The molecule has 1 aliphatic rings. The van der Waals surface area contributed by atoms with Gasteiger partial charge >= 0.3 is 0 Å². The van der Waals surface area contributed by atoms with Gasteiger partial charge in [0.25, 0.3) is 0 Å². The second-order valence-electron chi connectivity index (χ2n) is 2.90. The van der Waals surface area contributed by atoms with E-state index < -0.39 is 0 Å². The van der Waals surface area contributed by atoms with Crippen LogP contribution in [-0.4, -0.2) is 25.0 Å². The Morgan fingerprint density at radius 3 is 1.78 bits per heavy atom. The van der Waals surface area contributed by atoms with E-state index in [9.17, 15) is 0 Å². The summed E-state index contributed by atoms with van der Waals surface area (Å²) in [6, 6.07) is 0.898. The van der Waals surface area contributed by atoms with Crippen LogP contribution in [0.15, 0.2) is 0 Å². The molecule has 0 amide bonds. The lowest BCUT2D eigenvalue weighted by Crippen LogP contribution is -2.23. The van der Waals surface area contributed by atoms with E-state index >= 15 is 0 Å². The highest BCUT2D eigenvalue weighted by molar-refractivity contribution is 14.0. The first-order chi connectivity index (χ1) is 3.80. The molecule has 0 aromatic rings. The second kappa shape index (κ2) is 4.50. The molecular formula is C7H16IN. The van der Waals surface area contributed by atoms with E-state index in [1.54, 1.807) is 0 Å². The highest BCUT2D eigenvalue weighted by Crippen LogP contribution is 2.20. The molecule has 0 heterocycles. The van der Waals surface area contributed by atoms with E-state index in [4.69, 9.17) is 0 Å². The van der Waals surface area contributed by atoms with Crippen molar-refractivity contribution in [1.82, 2.24) is 4.90 Å². The molecule has 1 rings (SSSR count). The molecule has 0 N–H and O–H groups in total. The summed E-state index contributed by atoms with van der Waals surface area (Å²) >= 11 is 0. The van der Waals surface area contributed by atoms with Crippen LogP contribution in [0.1, 0.15) is 25.7 Å². The van der Waals surface area contributed by atoms with E-state index in [0.29, 0.717) is 0 Å². The molecule has 0 aromatic carbocycles. The van der Waals surface area contributed by atoms with Crippen LogP contribution >= 0.6 is 24.0 Å². The molecule has 0 spiro atoms. The molecule has 56 valence electrons. The van der Waals surface area contributed by atoms with E-state index in [2.05, 4.69) is 19.0 Å². The normalized spacial score (nSPS) is 20.3. The first kappa shape index (κ1) is 9.69. The number of rotatable bonds is 1. The fourth-order valence-corrected chi connectivity index (χ4v) is 1.42. The largest absolute Gasteiger partial charge is 0.306 e. The third-order valence-corrected chi connectivity index (χ3v) is 2.05. The summed E-state index contributed by atoms with van der Waals surface area (Å²) in [5.41, 5.74) is 0. The highest BCUT2D eigenvalue weighted by atomic mass is 127. The van der Waals surface area contributed by atoms with Gasteiger partial charge in [-0.3, -0.25) is 0 Å². The smallest absolute Gasteiger partial charge is 0.00891 e. The van der Waals surface area contributed by atoms with Gasteiger partial charge in [0.15, 0.2) is 0 Å². The van der Waals surface area contributed by atoms with Gasteiger partial charge in [0, 0.05) is 6.04 Å². The topological polar surface area (TPSA) is 3.24 Å². The fraction of sp³-hybridized carbons (Fsp3) is 1.00. The molecule has 0 bridgehead atoms. The summed E-state index contributed by atoms with van der Waals surface area (Å²) in [6.45, 7) is 0. The lowest BCUT2D eigenvalue weighted by atomic mass is 10.2. The molecule has 2 heteroatoms. The average Bonchev–Trinajstić information content (AvgIpc) is 2.12. The number of halogens is 1. The van der Waals surface area contributed by atoms with E-state index in [1.165, 1.54) is 25.7 Å². The van der Waals surface area contributed by atoms with Gasteiger partial charge in [-0.1, -0.05) is 12.8 Å². The van der Waals surface area contributed by atoms with Gasteiger partial charge in [-0.05, 0) is 26.9 Å². The van der Waals surface area contributed by atoms with Crippen LogP contribution in [0.25, 0.3) is 0 Å². The molecule has 1 fully saturated rings. The Morgan fingerprint density at radius 2 is 1.56 bits per heavy atom. The van der Waals surface area contributed by atoms with Crippen molar-refractivity contribution in [2.24, 2.45) is 0 Å². The lowest BCUT2D eigenvalue weighted by molar-refractivity contribution is 0.299. The average molecular weight is 241 g/mol. The maximum atomic E-state index is 2.34. The number of nitrogens with zero attached hydrogens (tertiary/aromatic N) is 1. The quantitative estimate of drug-likeness (QED) is 0.635. The molecular weight excluding hydrogens is 225 g/mol. The third kappa shape index (κ3) is 2.85. The Labute approximate surface area is 74.8 Å². The van der Waals surface area contributed by atoms with Gasteiger partial charge in [-0.2, -0.15) is 0 Å². The first-order valence-electron chi connectivity index (χ1n) is 3.47. The molecule has 9 heavy (non-hydrogen) atoms. The molecule has 1 saturated carbocycles. The molecule has 0 aromatic heterocycles. The SMILES string of the molecule is CN(C)C1CCCC1.I. The number of hydrogen-bond donors (Lipinski definition) is 0.